The molecule has 1 aromatic heterocycles. The van der Waals surface area contributed by atoms with E-state index >= 15 is 0 Å². The number of hydrogen-bond donors (Lipinski definition) is 0. The van der Waals surface area contributed by atoms with Gasteiger partial charge in [0, 0.05) is 32.4 Å². The highest BCUT2D eigenvalue weighted by atomic mass is 15.2. The van der Waals surface area contributed by atoms with Crippen LogP contribution in [0.3, 0.4) is 0 Å². The quantitative estimate of drug-likeness (QED) is 0.810. The van der Waals surface area contributed by atoms with Crippen molar-refractivity contribution in [1.82, 2.24) is 9.88 Å². The van der Waals surface area contributed by atoms with E-state index in [0.717, 1.165) is 18.3 Å². The third-order valence-corrected chi connectivity index (χ3v) is 3.98. The first kappa shape index (κ1) is 14.3. The highest BCUT2D eigenvalue weighted by molar-refractivity contribution is 5.38. The predicted molar refractivity (Wildman–Crippen MR) is 81.6 cm³/mol. The van der Waals surface area contributed by atoms with Gasteiger partial charge in [-0.05, 0) is 43.9 Å². The van der Waals surface area contributed by atoms with Crippen molar-refractivity contribution < 1.29 is 0 Å². The lowest BCUT2D eigenvalue weighted by molar-refractivity contribution is 0.228. The fraction of sp³-hybridized carbons (Fsp3) is 0.688. The van der Waals surface area contributed by atoms with Gasteiger partial charge in [-0.15, -0.1) is 0 Å². The van der Waals surface area contributed by atoms with Crippen molar-refractivity contribution in [3.05, 3.63) is 23.9 Å². The minimum absolute atomic E-state index is 0.580. The maximum Gasteiger partial charge on any atom is 0.128 e. The standard InChI is InChI=1S/C16H27N3/c1-5-18(4)16-9-8-14(11-17-16)15-7-6-10-19(15)12-13(2)3/h8-9,11,13,15H,5-7,10,12H2,1-4H3. The molecule has 1 unspecified atom stereocenters. The lowest BCUT2D eigenvalue weighted by Gasteiger charge is -2.26. The second-order valence-electron chi connectivity index (χ2n) is 6.01. The smallest absolute Gasteiger partial charge is 0.128 e. The first-order valence-corrected chi connectivity index (χ1v) is 7.53. The van der Waals surface area contributed by atoms with Crippen LogP contribution in [0.5, 0.6) is 0 Å². The normalized spacial score (nSPS) is 20.2. The number of hydrogen-bond acceptors (Lipinski definition) is 3. The molecule has 19 heavy (non-hydrogen) atoms. The third kappa shape index (κ3) is 3.47. The average Bonchev–Trinajstić information content (AvgIpc) is 2.85. The van der Waals surface area contributed by atoms with Crippen molar-refractivity contribution in [2.75, 3.05) is 31.6 Å². The summed E-state index contributed by atoms with van der Waals surface area (Å²) in [7, 11) is 2.09. The molecule has 1 saturated heterocycles. The number of pyridine rings is 1. The summed E-state index contributed by atoms with van der Waals surface area (Å²) < 4.78 is 0. The molecule has 0 aliphatic carbocycles. The van der Waals surface area contributed by atoms with Gasteiger partial charge in [0.1, 0.15) is 5.82 Å². The number of nitrogens with zero attached hydrogens (tertiary/aromatic N) is 3. The van der Waals surface area contributed by atoms with Crippen LogP contribution in [-0.2, 0) is 0 Å². The Morgan fingerprint density at radius 3 is 2.79 bits per heavy atom. The molecule has 1 fully saturated rings. The van der Waals surface area contributed by atoms with Crippen LogP contribution in [0, 0.1) is 5.92 Å². The summed E-state index contributed by atoms with van der Waals surface area (Å²) in [5.74, 6) is 1.80. The minimum atomic E-state index is 0.580. The van der Waals surface area contributed by atoms with Gasteiger partial charge in [-0.25, -0.2) is 4.98 Å². The highest BCUT2D eigenvalue weighted by Crippen LogP contribution is 2.32. The van der Waals surface area contributed by atoms with Crippen molar-refractivity contribution in [3.63, 3.8) is 0 Å². The molecule has 0 spiro atoms. The van der Waals surface area contributed by atoms with E-state index in [1.54, 1.807) is 0 Å². The molecular weight excluding hydrogens is 234 g/mol. The molecule has 0 N–H and O–H groups in total. The van der Waals surface area contributed by atoms with Crippen LogP contribution in [0.1, 0.15) is 45.2 Å². The van der Waals surface area contributed by atoms with Crippen LogP contribution >= 0.6 is 0 Å². The Kier molecular flexibility index (Phi) is 4.81. The van der Waals surface area contributed by atoms with Crippen LogP contribution in [0.25, 0.3) is 0 Å². The minimum Gasteiger partial charge on any atom is -0.360 e. The van der Waals surface area contributed by atoms with Crippen LogP contribution in [-0.4, -0.2) is 36.6 Å². The first-order valence-electron chi connectivity index (χ1n) is 7.53. The molecule has 3 nitrogen and oxygen atoms in total. The van der Waals surface area contributed by atoms with Crippen LogP contribution in [0.4, 0.5) is 5.82 Å². The molecule has 0 bridgehead atoms. The fourth-order valence-corrected chi connectivity index (χ4v) is 2.87. The van der Waals surface area contributed by atoms with Crippen molar-refractivity contribution in [2.45, 2.75) is 39.7 Å². The van der Waals surface area contributed by atoms with Crippen LogP contribution < -0.4 is 4.90 Å². The average molecular weight is 261 g/mol. The van der Waals surface area contributed by atoms with E-state index in [-0.39, 0.29) is 0 Å². The Balaban J connectivity index is 2.08. The molecule has 3 heteroatoms. The van der Waals surface area contributed by atoms with Crippen molar-refractivity contribution >= 4 is 5.82 Å². The SMILES string of the molecule is CCN(C)c1ccc(C2CCCN2CC(C)C)cn1. The van der Waals surface area contributed by atoms with Gasteiger partial charge in [0.15, 0.2) is 0 Å². The fourth-order valence-electron chi connectivity index (χ4n) is 2.87. The second kappa shape index (κ2) is 6.38. The molecule has 0 aromatic carbocycles. The molecule has 0 amide bonds. The Bertz CT molecular complexity index is 385. The largest absolute Gasteiger partial charge is 0.360 e. The van der Waals surface area contributed by atoms with E-state index in [1.165, 1.54) is 31.5 Å². The summed E-state index contributed by atoms with van der Waals surface area (Å²) in [6.45, 7) is 10.2. The van der Waals surface area contributed by atoms with Crippen molar-refractivity contribution in [1.29, 1.82) is 0 Å². The molecule has 0 radical (unpaired) electrons. The van der Waals surface area contributed by atoms with E-state index < -0.39 is 0 Å². The monoisotopic (exact) mass is 261 g/mol. The van der Waals surface area contributed by atoms with Crippen molar-refractivity contribution in [3.8, 4) is 0 Å². The van der Waals surface area contributed by atoms with Crippen LogP contribution in [0.15, 0.2) is 18.3 Å². The van der Waals surface area contributed by atoms with Crippen LogP contribution in [0.2, 0.25) is 0 Å². The number of likely N-dealkylation sites (tertiary alicyclic amines) is 1. The highest BCUT2D eigenvalue weighted by Gasteiger charge is 2.26. The number of aromatic nitrogens is 1. The molecular formula is C16H27N3. The molecule has 1 aromatic rings. The second-order valence-corrected chi connectivity index (χ2v) is 6.01. The van der Waals surface area contributed by atoms with Gasteiger partial charge < -0.3 is 4.90 Å². The Morgan fingerprint density at radius 1 is 1.42 bits per heavy atom. The molecule has 1 aliphatic rings. The van der Waals surface area contributed by atoms with Gasteiger partial charge in [0.05, 0.1) is 0 Å². The Labute approximate surface area is 117 Å². The van der Waals surface area contributed by atoms with Gasteiger partial charge in [0.2, 0.25) is 0 Å². The molecule has 1 atom stereocenters. The van der Waals surface area contributed by atoms with Crippen molar-refractivity contribution in [2.24, 2.45) is 5.92 Å². The third-order valence-electron chi connectivity index (χ3n) is 3.98. The molecule has 0 saturated carbocycles. The maximum atomic E-state index is 4.61. The molecule has 2 rings (SSSR count). The lowest BCUT2D eigenvalue weighted by Crippen LogP contribution is -2.27. The Hall–Kier alpha value is -1.09. The topological polar surface area (TPSA) is 19.4 Å². The first-order chi connectivity index (χ1) is 9.11. The Morgan fingerprint density at radius 2 is 2.21 bits per heavy atom. The zero-order valence-electron chi connectivity index (χ0n) is 12.8. The predicted octanol–water partition coefficient (Wildman–Crippen LogP) is 3.33. The summed E-state index contributed by atoms with van der Waals surface area (Å²) in [6.07, 6.45) is 4.66. The van der Waals surface area contributed by atoms with E-state index in [0.29, 0.717) is 6.04 Å². The summed E-state index contributed by atoms with van der Waals surface area (Å²) >= 11 is 0. The summed E-state index contributed by atoms with van der Waals surface area (Å²) in [5.41, 5.74) is 1.38. The van der Waals surface area contributed by atoms with Gasteiger partial charge in [-0.2, -0.15) is 0 Å². The zero-order valence-corrected chi connectivity index (χ0v) is 12.8. The number of rotatable bonds is 5. The zero-order chi connectivity index (χ0) is 13.8. The van der Waals surface area contributed by atoms with Gasteiger partial charge in [0.25, 0.3) is 0 Å². The lowest BCUT2D eigenvalue weighted by atomic mass is 10.1. The van der Waals surface area contributed by atoms with E-state index in [2.05, 4.69) is 60.9 Å². The van der Waals surface area contributed by atoms with Gasteiger partial charge >= 0.3 is 0 Å². The summed E-state index contributed by atoms with van der Waals surface area (Å²) in [4.78, 5) is 9.39. The van der Waals surface area contributed by atoms with E-state index in [4.69, 9.17) is 0 Å². The molecule has 106 valence electrons. The van der Waals surface area contributed by atoms with Gasteiger partial charge in [-0.3, -0.25) is 4.90 Å². The van der Waals surface area contributed by atoms with E-state index in [1.807, 2.05) is 0 Å². The van der Waals surface area contributed by atoms with Gasteiger partial charge in [-0.1, -0.05) is 19.9 Å². The molecule has 1 aliphatic heterocycles. The number of anilines is 1. The molecule has 2 heterocycles. The summed E-state index contributed by atoms with van der Waals surface area (Å²) in [6, 6.07) is 5.00. The summed E-state index contributed by atoms with van der Waals surface area (Å²) in [5, 5.41) is 0. The van der Waals surface area contributed by atoms with E-state index in [9.17, 15) is 0 Å². The maximum absolute atomic E-state index is 4.61.